The number of rotatable bonds is 18. The SMILES string of the molecule is CCC1CCC(C2CCC(c3ccc(Cl)cc3)CC2)CC1.CCCC1CCC(C2CCC(c3ccc(Cl)cc3)CC2)CC1.CCCCC1CCC(C2CCC(c3ccc(Cl)cc3)CC2)CC1.CCCCCC1CCC(C2CCC(c3ccc(Cl)cc3)CC2)CC1. The predicted octanol–water partition coefficient (Wildman–Crippen LogP) is 29.7. The van der Waals surface area contributed by atoms with Gasteiger partial charge in [-0.2, -0.15) is 0 Å². The second-order valence-electron chi connectivity index (χ2n) is 31.6. The van der Waals surface area contributed by atoms with E-state index in [1.165, 1.54) is 292 Å². The number of unbranched alkanes of at least 4 members (excludes halogenated alkanes) is 3. The Labute approximate surface area is 573 Å². The topological polar surface area (TPSA) is 0 Å². The molecule has 0 amide bonds. The van der Waals surface area contributed by atoms with Crippen molar-refractivity contribution >= 4 is 46.4 Å². The smallest absolute Gasteiger partial charge is 0.0406 e. The normalized spacial score (nSPS) is 32.4. The summed E-state index contributed by atoms with van der Waals surface area (Å²) in [6, 6.07) is 34.4. The maximum atomic E-state index is 6.03. The van der Waals surface area contributed by atoms with Crippen LogP contribution in [-0.4, -0.2) is 0 Å². The van der Waals surface area contributed by atoms with Gasteiger partial charge in [0.2, 0.25) is 0 Å². The average molecular weight is 1300 g/mol. The van der Waals surface area contributed by atoms with Gasteiger partial charge in [0.15, 0.2) is 0 Å². The van der Waals surface area contributed by atoms with Gasteiger partial charge in [-0.05, 0) is 320 Å². The molecular formula is C86H128Cl4. The zero-order chi connectivity index (χ0) is 62.9. The molecule has 0 aliphatic heterocycles. The summed E-state index contributed by atoms with van der Waals surface area (Å²) in [6.07, 6.45) is 61.3. The molecule has 0 aromatic heterocycles. The van der Waals surface area contributed by atoms with E-state index in [2.05, 4.69) is 125 Å². The van der Waals surface area contributed by atoms with Gasteiger partial charge in [-0.3, -0.25) is 0 Å². The van der Waals surface area contributed by atoms with E-state index in [0.29, 0.717) is 0 Å². The highest BCUT2D eigenvalue weighted by atomic mass is 35.5. The van der Waals surface area contributed by atoms with Crippen LogP contribution in [0.3, 0.4) is 0 Å². The Morgan fingerprint density at radius 1 is 0.222 bits per heavy atom. The third-order valence-electron chi connectivity index (χ3n) is 26.1. The molecule has 90 heavy (non-hydrogen) atoms. The van der Waals surface area contributed by atoms with Crippen LogP contribution in [0.5, 0.6) is 0 Å². The summed E-state index contributed by atoms with van der Waals surface area (Å²) in [7, 11) is 0. The Bertz CT molecular complexity index is 2470. The minimum atomic E-state index is 0.781. The van der Waals surface area contributed by atoms with Crippen LogP contribution >= 0.6 is 46.4 Å². The summed E-state index contributed by atoms with van der Waals surface area (Å²) in [5, 5.41) is 3.45. The minimum absolute atomic E-state index is 0.781. The molecule has 0 spiro atoms. The van der Waals surface area contributed by atoms with Gasteiger partial charge in [0, 0.05) is 20.1 Å². The van der Waals surface area contributed by atoms with Gasteiger partial charge in [0.25, 0.3) is 0 Å². The highest BCUT2D eigenvalue weighted by molar-refractivity contribution is 6.31. The van der Waals surface area contributed by atoms with Crippen LogP contribution in [-0.2, 0) is 0 Å². The van der Waals surface area contributed by atoms with Crippen LogP contribution in [0, 0.1) is 71.0 Å². The van der Waals surface area contributed by atoms with E-state index in [1.807, 2.05) is 0 Å². The summed E-state index contributed by atoms with van der Waals surface area (Å²) in [6.45, 7) is 9.34. The molecule has 4 aromatic rings. The molecule has 0 N–H and O–H groups in total. The maximum Gasteiger partial charge on any atom is 0.0406 e. The van der Waals surface area contributed by atoms with Crippen molar-refractivity contribution < 1.29 is 0 Å². The zero-order valence-electron chi connectivity index (χ0n) is 57.7. The minimum Gasteiger partial charge on any atom is -0.0843 e. The first-order valence-electron chi connectivity index (χ1n) is 39.1. The Hall–Kier alpha value is -1.96. The fraction of sp³-hybridized carbons (Fsp3) is 0.721. The standard InChI is InChI=1S/C23H35Cl.C22H33Cl.C21H31Cl.C20H29Cl/c1-2-3-4-5-18-6-8-19(9-7-18)20-10-12-21(13-11-20)22-14-16-23(24)17-15-22;1-2-3-4-17-5-7-18(8-6-17)19-9-11-20(12-10-19)21-13-15-22(23)16-14-21;1-2-3-16-4-6-17(7-5-16)18-8-10-19(11-9-18)20-12-14-21(22)15-13-20;1-2-15-3-5-16(6-4-15)17-7-9-18(10-8-17)19-11-13-20(21)14-12-19/h14-21H,2-13H2,1H3;13-20H,2-12H2,1H3;12-19H,2-11H2,1H3;11-18H,2-10H2,1H3. The predicted molar refractivity (Wildman–Crippen MR) is 395 cm³/mol. The number of halogens is 4. The van der Waals surface area contributed by atoms with Crippen LogP contribution in [0.4, 0.5) is 0 Å². The summed E-state index contributed by atoms with van der Waals surface area (Å²) < 4.78 is 0. The fourth-order valence-corrected chi connectivity index (χ4v) is 20.6. The van der Waals surface area contributed by atoms with Crippen molar-refractivity contribution in [1.82, 2.24) is 0 Å². The van der Waals surface area contributed by atoms with E-state index in [0.717, 1.165) is 115 Å². The molecule has 8 fully saturated rings. The van der Waals surface area contributed by atoms with E-state index in [-0.39, 0.29) is 0 Å². The van der Waals surface area contributed by atoms with E-state index >= 15 is 0 Å². The quantitative estimate of drug-likeness (QED) is 0.0871. The highest BCUT2D eigenvalue weighted by Gasteiger charge is 2.35. The fourth-order valence-electron chi connectivity index (χ4n) is 20.1. The number of hydrogen-bond donors (Lipinski definition) is 0. The molecule has 12 rings (SSSR count). The van der Waals surface area contributed by atoms with Gasteiger partial charge >= 0.3 is 0 Å². The monoisotopic (exact) mass is 1300 g/mol. The van der Waals surface area contributed by atoms with Crippen LogP contribution in [0.15, 0.2) is 97.1 Å². The maximum absolute atomic E-state index is 6.03. The van der Waals surface area contributed by atoms with Crippen LogP contribution in [0.2, 0.25) is 20.1 Å². The highest BCUT2D eigenvalue weighted by Crippen LogP contribution is 2.49. The lowest BCUT2D eigenvalue weighted by Crippen LogP contribution is -2.25. The summed E-state index contributed by atoms with van der Waals surface area (Å²) in [5.41, 5.74) is 6.04. The Balaban J connectivity index is 0.000000142. The van der Waals surface area contributed by atoms with Crippen molar-refractivity contribution in [2.75, 3.05) is 0 Å². The third-order valence-corrected chi connectivity index (χ3v) is 27.1. The van der Waals surface area contributed by atoms with E-state index in [4.69, 9.17) is 46.4 Å². The first kappa shape index (κ1) is 72.3. The van der Waals surface area contributed by atoms with Crippen LogP contribution in [0.25, 0.3) is 0 Å². The molecule has 0 saturated heterocycles. The molecule has 0 bridgehead atoms. The first-order chi connectivity index (χ1) is 44.0. The molecule has 0 radical (unpaired) electrons. The van der Waals surface area contributed by atoms with Gasteiger partial charge in [-0.25, -0.2) is 0 Å². The Morgan fingerprint density at radius 3 is 0.656 bits per heavy atom. The van der Waals surface area contributed by atoms with Crippen molar-refractivity contribution in [3.05, 3.63) is 139 Å². The molecule has 4 heteroatoms. The zero-order valence-corrected chi connectivity index (χ0v) is 60.7. The Morgan fingerprint density at radius 2 is 0.433 bits per heavy atom. The molecule has 0 heterocycles. The lowest BCUT2D eigenvalue weighted by atomic mass is 9.68. The van der Waals surface area contributed by atoms with Gasteiger partial charge in [0.1, 0.15) is 0 Å². The van der Waals surface area contributed by atoms with Crippen LogP contribution in [0.1, 0.15) is 343 Å². The van der Waals surface area contributed by atoms with E-state index in [9.17, 15) is 0 Å². The lowest BCUT2D eigenvalue weighted by molar-refractivity contribution is 0.155. The molecule has 0 unspecified atom stereocenters. The van der Waals surface area contributed by atoms with E-state index < -0.39 is 0 Å². The molecular weight excluding hydrogens is 1170 g/mol. The first-order valence-corrected chi connectivity index (χ1v) is 40.6. The number of hydrogen-bond acceptors (Lipinski definition) is 0. The third kappa shape index (κ3) is 23.1. The van der Waals surface area contributed by atoms with Crippen molar-refractivity contribution in [1.29, 1.82) is 0 Å². The summed E-state index contributed by atoms with van der Waals surface area (Å²) in [4.78, 5) is 0. The molecule has 0 nitrogen and oxygen atoms in total. The van der Waals surface area contributed by atoms with Crippen LogP contribution < -0.4 is 0 Å². The van der Waals surface area contributed by atoms with Gasteiger partial charge < -0.3 is 0 Å². The average Bonchev–Trinajstić information content (AvgIpc) is 3.66. The summed E-state index contributed by atoms with van der Waals surface area (Å²) >= 11 is 24.1. The lowest BCUT2D eigenvalue weighted by Gasteiger charge is -2.38. The molecule has 500 valence electrons. The van der Waals surface area contributed by atoms with Crippen molar-refractivity contribution in [3.63, 3.8) is 0 Å². The van der Waals surface area contributed by atoms with Crippen molar-refractivity contribution in [2.45, 2.75) is 321 Å². The van der Waals surface area contributed by atoms with Gasteiger partial charge in [-0.1, -0.05) is 238 Å². The molecule has 0 atom stereocenters. The van der Waals surface area contributed by atoms with Crippen molar-refractivity contribution in [3.8, 4) is 0 Å². The summed E-state index contributed by atoms with van der Waals surface area (Å²) in [5.74, 6) is 15.6. The molecule has 8 aliphatic rings. The molecule has 8 saturated carbocycles. The largest absolute Gasteiger partial charge is 0.0843 e. The second-order valence-corrected chi connectivity index (χ2v) is 33.4. The Kier molecular flexibility index (Phi) is 31.6. The van der Waals surface area contributed by atoms with Gasteiger partial charge in [0.05, 0.1) is 0 Å². The molecule has 8 aliphatic carbocycles. The van der Waals surface area contributed by atoms with Gasteiger partial charge in [-0.15, -0.1) is 0 Å². The molecule has 4 aromatic carbocycles. The van der Waals surface area contributed by atoms with E-state index in [1.54, 1.807) is 0 Å². The second kappa shape index (κ2) is 39.3. The van der Waals surface area contributed by atoms with Crippen molar-refractivity contribution in [2.24, 2.45) is 71.0 Å². The number of benzene rings is 4.